The van der Waals surface area contributed by atoms with E-state index in [9.17, 15) is 9.59 Å². The molecule has 12 heavy (non-hydrogen) atoms. The van der Waals surface area contributed by atoms with Crippen LogP contribution in [-0.2, 0) is 24.7 Å². The van der Waals surface area contributed by atoms with E-state index >= 15 is 0 Å². The predicted molar refractivity (Wildman–Crippen MR) is 36.6 cm³/mol. The van der Waals surface area contributed by atoms with E-state index in [2.05, 4.69) is 4.74 Å². The van der Waals surface area contributed by atoms with Crippen molar-refractivity contribution >= 4 is 22.3 Å². The SMILES string of the molecule is CC(=O)OC(C)=O.O=S(=O)(O)O. The number of carbonyl (C=O) groups excluding carboxylic acids is 2. The summed E-state index contributed by atoms with van der Waals surface area (Å²) in [5.41, 5.74) is 0. The highest BCUT2D eigenvalue weighted by Gasteiger charge is 1.93. The molecule has 0 aromatic carbocycles. The number of ether oxygens (including phenoxy) is 1. The minimum atomic E-state index is -4.67. The zero-order chi connectivity index (χ0) is 10.4. The van der Waals surface area contributed by atoms with Gasteiger partial charge in [0.2, 0.25) is 0 Å². The Morgan fingerprint density at radius 1 is 1.08 bits per heavy atom. The van der Waals surface area contributed by atoms with Gasteiger partial charge in [0, 0.05) is 13.8 Å². The molecule has 72 valence electrons. The molecule has 0 aromatic rings. The molecule has 0 saturated heterocycles. The molecule has 0 aliphatic carbocycles. The number of hydrogen-bond donors (Lipinski definition) is 2. The minimum absolute atomic E-state index is 0.562. The molecule has 2 N–H and O–H groups in total. The van der Waals surface area contributed by atoms with Crippen LogP contribution in [-0.4, -0.2) is 29.5 Å². The summed E-state index contributed by atoms with van der Waals surface area (Å²) in [4.78, 5) is 19.6. The molecule has 0 unspecified atom stereocenters. The fourth-order valence-corrected chi connectivity index (χ4v) is 0.202. The molecule has 0 aromatic heterocycles. The molecule has 0 amide bonds. The van der Waals surface area contributed by atoms with Gasteiger partial charge in [0.1, 0.15) is 0 Å². The third kappa shape index (κ3) is 63.8. The van der Waals surface area contributed by atoms with Gasteiger partial charge in [0.15, 0.2) is 0 Å². The van der Waals surface area contributed by atoms with Gasteiger partial charge in [0.25, 0.3) is 0 Å². The van der Waals surface area contributed by atoms with Crippen molar-refractivity contribution in [2.75, 3.05) is 0 Å². The van der Waals surface area contributed by atoms with Crippen molar-refractivity contribution in [3.05, 3.63) is 0 Å². The van der Waals surface area contributed by atoms with Gasteiger partial charge < -0.3 is 4.74 Å². The van der Waals surface area contributed by atoms with Gasteiger partial charge in [0.05, 0.1) is 0 Å². The Kier molecular flexibility index (Phi) is 6.38. The predicted octanol–water partition coefficient (Wildman–Crippen LogP) is -0.557. The van der Waals surface area contributed by atoms with E-state index in [-0.39, 0.29) is 0 Å². The van der Waals surface area contributed by atoms with Gasteiger partial charge in [-0.05, 0) is 0 Å². The third-order valence-corrected chi connectivity index (χ3v) is 0.287. The van der Waals surface area contributed by atoms with Crippen LogP contribution in [0.2, 0.25) is 0 Å². The fraction of sp³-hybridized carbons (Fsp3) is 0.500. The van der Waals surface area contributed by atoms with E-state index < -0.39 is 22.3 Å². The second-order valence-corrected chi connectivity index (χ2v) is 2.43. The average molecular weight is 200 g/mol. The molecule has 0 heterocycles. The molecule has 0 aliphatic rings. The largest absolute Gasteiger partial charge is 0.394 e. The molecule has 0 fully saturated rings. The van der Waals surface area contributed by atoms with Crippen molar-refractivity contribution in [1.82, 2.24) is 0 Å². The van der Waals surface area contributed by atoms with Crippen LogP contribution < -0.4 is 0 Å². The normalized spacial score (nSPS) is 9.33. The lowest BCUT2D eigenvalue weighted by molar-refractivity contribution is -0.156. The van der Waals surface area contributed by atoms with E-state index in [0.717, 1.165) is 0 Å². The molecule has 0 saturated carbocycles. The average Bonchev–Trinajstić information content (AvgIpc) is 1.52. The summed E-state index contributed by atoms with van der Waals surface area (Å²) >= 11 is 0. The summed E-state index contributed by atoms with van der Waals surface area (Å²) in [5, 5.41) is 0. The first-order chi connectivity index (χ1) is 5.13. The van der Waals surface area contributed by atoms with E-state index in [1.165, 1.54) is 13.8 Å². The Labute approximate surface area is 68.9 Å². The van der Waals surface area contributed by atoms with Crippen molar-refractivity contribution in [3.8, 4) is 0 Å². The fourth-order valence-electron chi connectivity index (χ4n) is 0.202. The summed E-state index contributed by atoms with van der Waals surface area (Å²) in [7, 11) is -4.67. The highest BCUT2D eigenvalue weighted by Crippen LogP contribution is 1.73. The molecule has 0 bridgehead atoms. The molecule has 0 aliphatic heterocycles. The minimum Gasteiger partial charge on any atom is -0.394 e. The van der Waals surface area contributed by atoms with Gasteiger partial charge in [-0.3, -0.25) is 18.7 Å². The van der Waals surface area contributed by atoms with Gasteiger partial charge in [-0.25, -0.2) is 0 Å². The maximum Gasteiger partial charge on any atom is 0.394 e. The van der Waals surface area contributed by atoms with E-state index in [1.807, 2.05) is 0 Å². The molecular weight excluding hydrogens is 192 g/mol. The maximum absolute atomic E-state index is 9.81. The van der Waals surface area contributed by atoms with Gasteiger partial charge >= 0.3 is 22.3 Å². The zero-order valence-electron chi connectivity index (χ0n) is 6.34. The summed E-state index contributed by atoms with van der Waals surface area (Å²) in [6.45, 7) is 2.36. The number of carbonyl (C=O) groups is 2. The first kappa shape index (κ1) is 13.6. The Hall–Kier alpha value is -0.990. The van der Waals surface area contributed by atoms with Gasteiger partial charge in [-0.1, -0.05) is 0 Å². The van der Waals surface area contributed by atoms with E-state index in [1.54, 1.807) is 0 Å². The molecule has 0 radical (unpaired) electrons. The lowest BCUT2D eigenvalue weighted by Gasteiger charge is -1.87. The second kappa shape index (κ2) is 5.63. The lowest BCUT2D eigenvalue weighted by Crippen LogP contribution is -2.03. The Morgan fingerprint density at radius 3 is 1.25 bits per heavy atom. The number of rotatable bonds is 0. The maximum atomic E-state index is 9.81. The summed E-state index contributed by atoms with van der Waals surface area (Å²) in [5.74, 6) is -1.12. The molecule has 0 spiro atoms. The first-order valence-electron chi connectivity index (χ1n) is 2.51. The van der Waals surface area contributed by atoms with Crippen LogP contribution in [0.25, 0.3) is 0 Å². The molecule has 0 atom stereocenters. The van der Waals surface area contributed by atoms with Crippen LogP contribution in [0.3, 0.4) is 0 Å². The van der Waals surface area contributed by atoms with E-state index in [4.69, 9.17) is 17.5 Å². The van der Waals surface area contributed by atoms with Crippen LogP contribution in [0.15, 0.2) is 0 Å². The van der Waals surface area contributed by atoms with E-state index in [0.29, 0.717) is 0 Å². The Bertz CT molecular complexity index is 231. The third-order valence-electron chi connectivity index (χ3n) is 0.287. The molecule has 0 rings (SSSR count). The van der Waals surface area contributed by atoms with Crippen LogP contribution in [0, 0.1) is 0 Å². The highest BCUT2D eigenvalue weighted by atomic mass is 32.3. The number of esters is 2. The Balaban J connectivity index is 0. The molecule has 8 heteroatoms. The standard InChI is InChI=1S/C4H6O3.H2O4S/c1-3(5)7-4(2)6;1-5(2,3)4/h1-2H3;(H2,1,2,3,4). The van der Waals surface area contributed by atoms with Crippen LogP contribution in [0.5, 0.6) is 0 Å². The summed E-state index contributed by atoms with van der Waals surface area (Å²) < 4.78 is 35.6. The molecular formula is C4H8O7S. The Morgan fingerprint density at radius 2 is 1.25 bits per heavy atom. The lowest BCUT2D eigenvalue weighted by atomic mass is 10.7. The van der Waals surface area contributed by atoms with Crippen LogP contribution >= 0.6 is 0 Å². The zero-order valence-corrected chi connectivity index (χ0v) is 7.16. The van der Waals surface area contributed by atoms with Crippen molar-refractivity contribution in [2.45, 2.75) is 13.8 Å². The van der Waals surface area contributed by atoms with Crippen LogP contribution in [0.1, 0.15) is 13.8 Å². The van der Waals surface area contributed by atoms with Gasteiger partial charge in [-0.2, -0.15) is 8.42 Å². The molecule has 7 nitrogen and oxygen atoms in total. The highest BCUT2D eigenvalue weighted by molar-refractivity contribution is 7.79. The van der Waals surface area contributed by atoms with Crippen molar-refractivity contribution < 1.29 is 31.8 Å². The van der Waals surface area contributed by atoms with Gasteiger partial charge in [-0.15, -0.1) is 0 Å². The smallest absolute Gasteiger partial charge is 0.394 e. The van der Waals surface area contributed by atoms with Crippen molar-refractivity contribution in [2.24, 2.45) is 0 Å². The topological polar surface area (TPSA) is 118 Å². The quantitative estimate of drug-likeness (QED) is 0.305. The van der Waals surface area contributed by atoms with Crippen LogP contribution in [0.4, 0.5) is 0 Å². The first-order valence-corrected chi connectivity index (χ1v) is 3.91. The number of hydrogen-bond acceptors (Lipinski definition) is 5. The van der Waals surface area contributed by atoms with Crippen molar-refractivity contribution in [1.29, 1.82) is 0 Å². The second-order valence-electron chi connectivity index (χ2n) is 1.53. The van der Waals surface area contributed by atoms with Crippen molar-refractivity contribution in [3.63, 3.8) is 0 Å². The summed E-state index contributed by atoms with van der Waals surface area (Å²) in [6, 6.07) is 0. The monoisotopic (exact) mass is 200 g/mol. The summed E-state index contributed by atoms with van der Waals surface area (Å²) in [6.07, 6.45) is 0.